The van der Waals surface area contributed by atoms with Gasteiger partial charge < -0.3 is 4.42 Å². The van der Waals surface area contributed by atoms with Gasteiger partial charge in [0, 0.05) is 17.5 Å². The number of rotatable bonds is 0. The SMILES string of the molecule is O=c1cc(Cl)c2cc(F)cc(F)c2o1. The predicted octanol–water partition coefficient (Wildman–Crippen LogP) is 2.72. The molecule has 2 aromatic rings. The first-order chi connectivity index (χ1) is 6.58. The van der Waals surface area contributed by atoms with E-state index in [0.717, 1.165) is 12.1 Å². The number of benzene rings is 1. The van der Waals surface area contributed by atoms with Crippen LogP contribution in [-0.4, -0.2) is 0 Å². The van der Waals surface area contributed by atoms with E-state index in [-0.39, 0.29) is 16.0 Å². The smallest absolute Gasteiger partial charge is 0.337 e. The van der Waals surface area contributed by atoms with Crippen molar-refractivity contribution in [3.63, 3.8) is 0 Å². The van der Waals surface area contributed by atoms with Gasteiger partial charge >= 0.3 is 5.63 Å². The zero-order chi connectivity index (χ0) is 10.3. The van der Waals surface area contributed by atoms with Crippen LogP contribution in [0.1, 0.15) is 0 Å². The van der Waals surface area contributed by atoms with Gasteiger partial charge in [-0.3, -0.25) is 0 Å². The summed E-state index contributed by atoms with van der Waals surface area (Å²) in [5.41, 5.74) is -1.10. The highest BCUT2D eigenvalue weighted by molar-refractivity contribution is 6.35. The standard InChI is InChI=1S/C9H3ClF2O2/c10-6-3-8(13)14-9-5(6)1-4(11)2-7(9)12/h1-3H. The van der Waals surface area contributed by atoms with E-state index in [9.17, 15) is 13.6 Å². The highest BCUT2D eigenvalue weighted by Gasteiger charge is 2.10. The Labute approximate surface area is 81.7 Å². The third kappa shape index (κ3) is 1.37. The molecular formula is C9H3ClF2O2. The summed E-state index contributed by atoms with van der Waals surface area (Å²) in [6.45, 7) is 0. The molecule has 0 bridgehead atoms. The summed E-state index contributed by atoms with van der Waals surface area (Å²) < 4.78 is 30.4. The van der Waals surface area contributed by atoms with Gasteiger partial charge in [0.2, 0.25) is 0 Å². The molecule has 0 aliphatic carbocycles. The van der Waals surface area contributed by atoms with Crippen LogP contribution in [0.3, 0.4) is 0 Å². The van der Waals surface area contributed by atoms with E-state index in [0.29, 0.717) is 6.07 Å². The topological polar surface area (TPSA) is 30.2 Å². The van der Waals surface area contributed by atoms with Crippen LogP contribution < -0.4 is 5.63 Å². The molecule has 0 saturated heterocycles. The van der Waals surface area contributed by atoms with Crippen molar-refractivity contribution >= 4 is 22.6 Å². The highest BCUT2D eigenvalue weighted by atomic mass is 35.5. The van der Waals surface area contributed by atoms with E-state index < -0.39 is 17.3 Å². The maximum atomic E-state index is 13.1. The van der Waals surface area contributed by atoms with Crippen LogP contribution in [0.4, 0.5) is 8.78 Å². The Hall–Kier alpha value is -1.42. The van der Waals surface area contributed by atoms with Crippen molar-refractivity contribution < 1.29 is 13.2 Å². The molecule has 1 aromatic heterocycles. The number of hydrogen-bond acceptors (Lipinski definition) is 2. The van der Waals surface area contributed by atoms with Crippen molar-refractivity contribution in [2.24, 2.45) is 0 Å². The lowest BCUT2D eigenvalue weighted by Crippen LogP contribution is -1.97. The molecule has 0 unspecified atom stereocenters. The van der Waals surface area contributed by atoms with Gasteiger partial charge in [0.05, 0.1) is 5.02 Å². The summed E-state index contributed by atoms with van der Waals surface area (Å²) >= 11 is 5.61. The average Bonchev–Trinajstić information content (AvgIpc) is 2.07. The molecule has 0 saturated carbocycles. The van der Waals surface area contributed by atoms with Crippen LogP contribution in [0.25, 0.3) is 11.0 Å². The second kappa shape index (κ2) is 3.06. The molecule has 0 radical (unpaired) electrons. The first-order valence-corrected chi connectivity index (χ1v) is 4.04. The van der Waals surface area contributed by atoms with Gasteiger partial charge in [-0.2, -0.15) is 0 Å². The summed E-state index contributed by atoms with van der Waals surface area (Å²) in [5.74, 6) is -1.72. The van der Waals surface area contributed by atoms with Crippen molar-refractivity contribution in [1.82, 2.24) is 0 Å². The Morgan fingerprint density at radius 3 is 2.64 bits per heavy atom. The molecular weight excluding hydrogens is 214 g/mol. The van der Waals surface area contributed by atoms with E-state index in [1.54, 1.807) is 0 Å². The summed E-state index contributed by atoms with van der Waals surface area (Å²) in [6, 6.07) is 2.59. The monoisotopic (exact) mass is 216 g/mol. The number of halogens is 3. The second-order valence-corrected chi connectivity index (χ2v) is 3.08. The Kier molecular flexibility index (Phi) is 2.00. The third-order valence-electron chi connectivity index (χ3n) is 1.71. The summed E-state index contributed by atoms with van der Waals surface area (Å²) in [7, 11) is 0. The minimum atomic E-state index is -0.945. The molecule has 0 fully saturated rings. The maximum absolute atomic E-state index is 13.1. The van der Waals surface area contributed by atoms with Crippen LogP contribution in [-0.2, 0) is 0 Å². The highest BCUT2D eigenvalue weighted by Crippen LogP contribution is 2.24. The fourth-order valence-electron chi connectivity index (χ4n) is 1.15. The molecule has 0 aliphatic heterocycles. The van der Waals surface area contributed by atoms with Crippen LogP contribution in [0.15, 0.2) is 27.4 Å². The molecule has 2 nitrogen and oxygen atoms in total. The first kappa shape index (κ1) is 9.15. The molecule has 0 spiro atoms. The number of fused-ring (bicyclic) bond motifs is 1. The summed E-state index contributed by atoms with van der Waals surface area (Å²) in [6.07, 6.45) is 0. The normalized spacial score (nSPS) is 10.8. The van der Waals surface area contributed by atoms with Crippen molar-refractivity contribution in [3.05, 3.63) is 45.3 Å². The van der Waals surface area contributed by atoms with Crippen LogP contribution in [0.5, 0.6) is 0 Å². The molecule has 0 N–H and O–H groups in total. The second-order valence-electron chi connectivity index (χ2n) is 2.68. The zero-order valence-corrected chi connectivity index (χ0v) is 7.44. The van der Waals surface area contributed by atoms with Crippen molar-refractivity contribution in [2.75, 3.05) is 0 Å². The quantitative estimate of drug-likeness (QED) is 0.634. The van der Waals surface area contributed by atoms with Crippen LogP contribution in [0.2, 0.25) is 5.02 Å². The fraction of sp³-hybridized carbons (Fsp3) is 0. The Morgan fingerprint density at radius 1 is 1.21 bits per heavy atom. The lowest BCUT2D eigenvalue weighted by atomic mass is 10.2. The van der Waals surface area contributed by atoms with E-state index in [4.69, 9.17) is 11.6 Å². The van der Waals surface area contributed by atoms with Gasteiger partial charge in [0.25, 0.3) is 0 Å². The van der Waals surface area contributed by atoms with Gasteiger partial charge in [0.15, 0.2) is 11.4 Å². The van der Waals surface area contributed by atoms with Gasteiger partial charge in [-0.15, -0.1) is 0 Å². The van der Waals surface area contributed by atoms with E-state index in [2.05, 4.69) is 4.42 Å². The van der Waals surface area contributed by atoms with Crippen molar-refractivity contribution in [1.29, 1.82) is 0 Å². The zero-order valence-electron chi connectivity index (χ0n) is 6.68. The molecule has 2 rings (SSSR count). The third-order valence-corrected chi connectivity index (χ3v) is 2.03. The minimum Gasteiger partial charge on any atom is -0.419 e. The Bertz CT molecular complexity index is 562. The lowest BCUT2D eigenvalue weighted by molar-refractivity contribution is 0.516. The van der Waals surface area contributed by atoms with E-state index >= 15 is 0 Å². The Balaban J connectivity index is 3.01. The lowest BCUT2D eigenvalue weighted by Gasteiger charge is -1.99. The van der Waals surface area contributed by atoms with Crippen LogP contribution in [0, 0.1) is 11.6 Å². The maximum Gasteiger partial charge on any atom is 0.337 e. The Morgan fingerprint density at radius 2 is 1.93 bits per heavy atom. The van der Waals surface area contributed by atoms with Crippen molar-refractivity contribution in [3.8, 4) is 0 Å². The van der Waals surface area contributed by atoms with E-state index in [1.807, 2.05) is 0 Å². The molecule has 14 heavy (non-hydrogen) atoms. The fourth-order valence-corrected chi connectivity index (χ4v) is 1.38. The minimum absolute atomic E-state index is 0.0327. The molecule has 1 aromatic carbocycles. The summed E-state index contributed by atoms with van der Waals surface area (Å²) in [4.78, 5) is 10.8. The molecule has 0 atom stereocenters. The predicted molar refractivity (Wildman–Crippen MR) is 47.4 cm³/mol. The first-order valence-electron chi connectivity index (χ1n) is 3.66. The average molecular weight is 217 g/mol. The summed E-state index contributed by atoms with van der Waals surface area (Å²) in [5, 5.41) is 0.0124. The van der Waals surface area contributed by atoms with E-state index in [1.165, 1.54) is 0 Å². The van der Waals surface area contributed by atoms with Gasteiger partial charge in [0.1, 0.15) is 5.82 Å². The van der Waals surface area contributed by atoms with Gasteiger partial charge in [-0.05, 0) is 6.07 Å². The largest absolute Gasteiger partial charge is 0.419 e. The molecule has 0 aliphatic rings. The van der Waals surface area contributed by atoms with Crippen LogP contribution >= 0.6 is 11.6 Å². The number of hydrogen-bond donors (Lipinski definition) is 0. The molecule has 5 heteroatoms. The molecule has 0 amide bonds. The van der Waals surface area contributed by atoms with Crippen molar-refractivity contribution in [2.45, 2.75) is 0 Å². The molecule has 1 heterocycles. The molecule has 72 valence electrons. The van der Waals surface area contributed by atoms with Gasteiger partial charge in [-0.25, -0.2) is 13.6 Å². The van der Waals surface area contributed by atoms with Gasteiger partial charge in [-0.1, -0.05) is 11.6 Å².